The predicted octanol–water partition coefficient (Wildman–Crippen LogP) is 2.01. The molecule has 1 aromatic rings. The lowest BCUT2D eigenvalue weighted by Gasteiger charge is -2.29. The van der Waals surface area contributed by atoms with E-state index in [4.69, 9.17) is 5.11 Å². The molecule has 1 amide bonds. The molecule has 1 atom stereocenters. The monoisotopic (exact) mass is 284 g/mol. The molecule has 20 heavy (non-hydrogen) atoms. The maximum absolute atomic E-state index is 13.7. The topological polar surface area (TPSA) is 92.5 Å². The van der Waals surface area contributed by atoms with Gasteiger partial charge in [0.15, 0.2) is 0 Å². The molecule has 0 bridgehead atoms. The highest BCUT2D eigenvalue weighted by molar-refractivity contribution is 5.95. The third kappa shape index (κ3) is 3.74. The van der Waals surface area contributed by atoms with Crippen LogP contribution in [0.3, 0.4) is 0 Å². The molecule has 0 fully saturated rings. The highest BCUT2D eigenvalue weighted by atomic mass is 19.1. The Hall–Kier alpha value is -2.02. The van der Waals surface area contributed by atoms with E-state index in [-0.39, 0.29) is 12.2 Å². The number of amides is 1. The molecule has 0 aliphatic rings. The van der Waals surface area contributed by atoms with E-state index in [1.54, 1.807) is 6.92 Å². The summed E-state index contributed by atoms with van der Waals surface area (Å²) in [4.78, 5) is 21.8. The van der Waals surface area contributed by atoms with Crippen LogP contribution in [0.4, 0.5) is 10.1 Å². The van der Waals surface area contributed by atoms with Crippen LogP contribution in [0.1, 0.15) is 37.0 Å². The smallest absolute Gasteiger partial charge is 0.272 e. The Morgan fingerprint density at radius 3 is 2.65 bits per heavy atom. The summed E-state index contributed by atoms with van der Waals surface area (Å²) in [6, 6.07) is 2.87. The van der Waals surface area contributed by atoms with Gasteiger partial charge in [-0.2, -0.15) is 0 Å². The maximum Gasteiger partial charge on any atom is 0.272 e. The summed E-state index contributed by atoms with van der Waals surface area (Å²) in [5.41, 5.74) is -1.32. The van der Waals surface area contributed by atoms with Crippen LogP contribution in [0.5, 0.6) is 0 Å². The molecule has 1 rings (SSSR count). The number of rotatable bonds is 6. The number of aliphatic hydroxyl groups excluding tert-OH is 1. The number of nitro benzene ring substituents is 1. The van der Waals surface area contributed by atoms with Crippen molar-refractivity contribution in [3.8, 4) is 0 Å². The third-order valence-electron chi connectivity index (χ3n) is 3.27. The van der Waals surface area contributed by atoms with Crippen LogP contribution in [0.2, 0.25) is 0 Å². The summed E-state index contributed by atoms with van der Waals surface area (Å²) in [6.07, 6.45) is 0.901. The van der Waals surface area contributed by atoms with E-state index in [2.05, 4.69) is 5.32 Å². The van der Waals surface area contributed by atoms with Crippen LogP contribution < -0.4 is 5.32 Å². The first kappa shape index (κ1) is 16.0. The number of nitrogens with zero attached hydrogens (tertiary/aromatic N) is 1. The largest absolute Gasteiger partial charge is 0.396 e. The Labute approximate surface area is 115 Å². The second-order valence-corrected chi connectivity index (χ2v) is 4.76. The summed E-state index contributed by atoms with van der Waals surface area (Å²) in [7, 11) is 0. The van der Waals surface area contributed by atoms with Gasteiger partial charge in [-0.3, -0.25) is 14.9 Å². The molecule has 0 saturated heterocycles. The number of halogens is 1. The normalized spacial score (nSPS) is 13.6. The highest BCUT2D eigenvalue weighted by Crippen LogP contribution is 2.19. The summed E-state index contributed by atoms with van der Waals surface area (Å²) in [5, 5.41) is 22.1. The molecule has 0 saturated carbocycles. The van der Waals surface area contributed by atoms with Crippen molar-refractivity contribution < 1.29 is 19.2 Å². The van der Waals surface area contributed by atoms with E-state index < -0.39 is 27.9 Å². The quantitative estimate of drug-likeness (QED) is 0.617. The molecule has 0 radical (unpaired) electrons. The molecule has 0 spiro atoms. The van der Waals surface area contributed by atoms with Crippen LogP contribution in [0.15, 0.2) is 18.2 Å². The minimum absolute atomic E-state index is 0.104. The van der Waals surface area contributed by atoms with Gasteiger partial charge in [-0.1, -0.05) is 6.92 Å². The van der Waals surface area contributed by atoms with Crippen molar-refractivity contribution in [1.29, 1.82) is 0 Å². The van der Waals surface area contributed by atoms with Crippen molar-refractivity contribution in [3.05, 3.63) is 39.7 Å². The summed E-state index contributed by atoms with van der Waals surface area (Å²) in [6.45, 7) is 3.47. The van der Waals surface area contributed by atoms with E-state index in [0.29, 0.717) is 18.9 Å². The molecule has 0 aromatic heterocycles. The number of nitrogens with one attached hydrogen (secondary N) is 1. The predicted molar refractivity (Wildman–Crippen MR) is 70.9 cm³/mol. The number of hydrogen-bond donors (Lipinski definition) is 2. The first-order valence-corrected chi connectivity index (χ1v) is 6.20. The number of aliphatic hydroxyl groups is 1. The van der Waals surface area contributed by atoms with Crippen molar-refractivity contribution in [3.63, 3.8) is 0 Å². The molecule has 0 aliphatic heterocycles. The van der Waals surface area contributed by atoms with Crippen molar-refractivity contribution in [2.24, 2.45) is 0 Å². The maximum atomic E-state index is 13.7. The van der Waals surface area contributed by atoms with E-state index in [1.807, 2.05) is 6.92 Å². The average Bonchev–Trinajstić information content (AvgIpc) is 2.38. The highest BCUT2D eigenvalue weighted by Gasteiger charge is 2.26. The second-order valence-electron chi connectivity index (χ2n) is 4.76. The lowest BCUT2D eigenvalue weighted by atomic mass is 9.94. The number of non-ortho nitro benzene ring substituents is 1. The van der Waals surface area contributed by atoms with Gasteiger partial charge in [0.25, 0.3) is 11.6 Å². The first-order chi connectivity index (χ1) is 9.33. The second kappa shape index (κ2) is 6.42. The Kier molecular flexibility index (Phi) is 5.15. The van der Waals surface area contributed by atoms with Gasteiger partial charge in [-0.25, -0.2) is 4.39 Å². The molecular formula is C13H17FN2O4. The van der Waals surface area contributed by atoms with E-state index in [0.717, 1.165) is 12.1 Å². The zero-order valence-electron chi connectivity index (χ0n) is 11.4. The van der Waals surface area contributed by atoms with Crippen LogP contribution in [0, 0.1) is 15.9 Å². The number of carbonyl (C=O) groups excluding carboxylic acids is 1. The van der Waals surface area contributed by atoms with Gasteiger partial charge in [0.1, 0.15) is 5.82 Å². The van der Waals surface area contributed by atoms with Crippen molar-refractivity contribution in [2.75, 3.05) is 6.61 Å². The molecule has 1 unspecified atom stereocenters. The SMILES string of the molecule is CCC(C)(CCO)NC(=O)c1ccc([N+](=O)[O-])cc1F. The fraction of sp³-hybridized carbons (Fsp3) is 0.462. The summed E-state index contributed by atoms with van der Waals surface area (Å²) in [5.74, 6) is -1.60. The van der Waals surface area contributed by atoms with Gasteiger partial charge in [0.2, 0.25) is 0 Å². The van der Waals surface area contributed by atoms with E-state index >= 15 is 0 Å². The molecule has 7 heteroatoms. The lowest BCUT2D eigenvalue weighted by Crippen LogP contribution is -2.46. The first-order valence-electron chi connectivity index (χ1n) is 6.20. The van der Waals surface area contributed by atoms with Crippen LogP contribution >= 0.6 is 0 Å². The number of benzene rings is 1. The average molecular weight is 284 g/mol. The molecule has 0 heterocycles. The minimum atomic E-state index is -0.945. The van der Waals surface area contributed by atoms with Crippen molar-refractivity contribution in [2.45, 2.75) is 32.2 Å². The fourth-order valence-electron chi connectivity index (χ4n) is 1.72. The molecule has 110 valence electrons. The van der Waals surface area contributed by atoms with Gasteiger partial charge < -0.3 is 10.4 Å². The molecule has 0 aliphatic carbocycles. The Morgan fingerprint density at radius 1 is 1.55 bits per heavy atom. The summed E-state index contributed by atoms with van der Waals surface area (Å²) < 4.78 is 13.7. The van der Waals surface area contributed by atoms with Crippen molar-refractivity contribution in [1.82, 2.24) is 5.32 Å². The zero-order valence-corrected chi connectivity index (χ0v) is 11.4. The van der Waals surface area contributed by atoms with Gasteiger partial charge >= 0.3 is 0 Å². The Balaban J connectivity index is 2.95. The van der Waals surface area contributed by atoms with Crippen LogP contribution in [0.25, 0.3) is 0 Å². The number of carbonyl (C=O) groups is 1. The van der Waals surface area contributed by atoms with Gasteiger partial charge in [-0.15, -0.1) is 0 Å². The number of nitro groups is 1. The van der Waals surface area contributed by atoms with Gasteiger partial charge in [0.05, 0.1) is 16.6 Å². The van der Waals surface area contributed by atoms with E-state index in [1.165, 1.54) is 0 Å². The van der Waals surface area contributed by atoms with Gasteiger partial charge in [-0.05, 0) is 25.8 Å². The lowest BCUT2D eigenvalue weighted by molar-refractivity contribution is -0.385. The van der Waals surface area contributed by atoms with Crippen LogP contribution in [-0.4, -0.2) is 28.1 Å². The number of hydrogen-bond acceptors (Lipinski definition) is 4. The summed E-state index contributed by atoms with van der Waals surface area (Å²) >= 11 is 0. The standard InChI is InChI=1S/C13H17FN2O4/c1-3-13(2,6-7-17)15-12(18)10-5-4-9(16(19)20)8-11(10)14/h4-5,8,17H,3,6-7H2,1-2H3,(H,15,18). The zero-order chi connectivity index (χ0) is 15.3. The van der Waals surface area contributed by atoms with Gasteiger partial charge in [0, 0.05) is 18.2 Å². The molecule has 2 N–H and O–H groups in total. The fourth-order valence-corrected chi connectivity index (χ4v) is 1.72. The van der Waals surface area contributed by atoms with Crippen molar-refractivity contribution >= 4 is 11.6 Å². The Bertz CT molecular complexity index is 521. The molecule has 1 aromatic carbocycles. The molecule has 6 nitrogen and oxygen atoms in total. The minimum Gasteiger partial charge on any atom is -0.396 e. The Morgan fingerprint density at radius 2 is 2.20 bits per heavy atom. The van der Waals surface area contributed by atoms with Crippen LogP contribution in [-0.2, 0) is 0 Å². The molecular weight excluding hydrogens is 267 g/mol. The van der Waals surface area contributed by atoms with E-state index in [9.17, 15) is 19.3 Å². The third-order valence-corrected chi connectivity index (χ3v) is 3.27.